The maximum atomic E-state index is 13.3. The van der Waals surface area contributed by atoms with Crippen molar-refractivity contribution in [3.8, 4) is 0 Å². The van der Waals surface area contributed by atoms with Gasteiger partial charge in [-0.15, -0.1) is 15.1 Å². The predicted octanol–water partition coefficient (Wildman–Crippen LogP) is 2.29. The van der Waals surface area contributed by atoms with E-state index in [2.05, 4.69) is 10.3 Å². The summed E-state index contributed by atoms with van der Waals surface area (Å²) in [6.07, 6.45) is 0.828. The van der Waals surface area contributed by atoms with Crippen molar-refractivity contribution in [1.82, 2.24) is 9.62 Å². The number of aliphatic imine (C=N–C) groups is 1. The average Bonchev–Trinajstić information content (AvgIpc) is 2.62. The number of halogens is 1. The Labute approximate surface area is 163 Å². The summed E-state index contributed by atoms with van der Waals surface area (Å²) in [6, 6.07) is 5.51. The van der Waals surface area contributed by atoms with Crippen LogP contribution >= 0.6 is 10.8 Å². The van der Waals surface area contributed by atoms with Gasteiger partial charge in [-0.2, -0.15) is 4.99 Å². The van der Waals surface area contributed by atoms with E-state index >= 15 is 0 Å². The number of carbonyl (C=O) groups excluding carboxylic acids is 1. The number of nitrogens with zero attached hydrogens (tertiary/aromatic N) is 3. The Morgan fingerprint density at radius 2 is 2.07 bits per heavy atom. The largest absolute Gasteiger partial charge is 0.625 e. The molecule has 0 aromatic heterocycles. The molecule has 4 N–H and O–H groups in total. The maximum Gasteiger partial charge on any atom is 0.326 e. The van der Waals surface area contributed by atoms with Gasteiger partial charge in [-0.3, -0.25) is 18.5 Å². The summed E-state index contributed by atoms with van der Waals surface area (Å²) < 4.78 is 33.4. The van der Waals surface area contributed by atoms with E-state index in [9.17, 15) is 28.6 Å². The normalized spacial score (nSPS) is 28.8. The second kappa shape index (κ2) is 7.78. The minimum absolute atomic E-state index is 0.0530. The van der Waals surface area contributed by atoms with Crippen LogP contribution in [0.15, 0.2) is 41.2 Å². The van der Waals surface area contributed by atoms with E-state index in [0.717, 1.165) is 17.6 Å². The first kappa shape index (κ1) is 20.7. The van der Waals surface area contributed by atoms with Crippen molar-refractivity contribution < 1.29 is 28.0 Å². The molecule has 1 amide bonds. The van der Waals surface area contributed by atoms with E-state index in [-0.39, 0.29) is 18.8 Å². The van der Waals surface area contributed by atoms with Crippen LogP contribution in [0.3, 0.4) is 0 Å². The molecular weight excluding hydrogens is 391 g/mol. The Morgan fingerprint density at radius 3 is 2.71 bits per heavy atom. The Bertz CT molecular complexity index is 812. The molecule has 2 heterocycles. The van der Waals surface area contributed by atoms with Gasteiger partial charge in [0.15, 0.2) is 5.76 Å². The first-order chi connectivity index (χ1) is 13.1. The zero-order valence-corrected chi connectivity index (χ0v) is 16.1. The monoisotopic (exact) mass is 414 g/mol. The maximum absolute atomic E-state index is 13.3. The van der Waals surface area contributed by atoms with Crippen LogP contribution in [-0.2, 0) is 11.3 Å². The fraction of sp³-hybridized carbons (Fsp3) is 0.412. The van der Waals surface area contributed by atoms with E-state index in [1.54, 1.807) is 0 Å². The first-order valence-corrected chi connectivity index (χ1v) is 10.4. The SMILES string of the molecule is C[N+]1([O-])C(C(=O)NCc2ccc(F)cc2)=NC=C(O)C1N1CCCCS1(O)O. The summed E-state index contributed by atoms with van der Waals surface area (Å²) in [4.78, 5) is 16.4. The summed E-state index contributed by atoms with van der Waals surface area (Å²) in [6.45, 7) is 0.253. The van der Waals surface area contributed by atoms with Crippen molar-refractivity contribution in [3.05, 3.63) is 52.8 Å². The summed E-state index contributed by atoms with van der Waals surface area (Å²) >= 11 is 0. The molecule has 2 aliphatic heterocycles. The number of hydrogen-bond acceptors (Lipinski definition) is 7. The summed E-state index contributed by atoms with van der Waals surface area (Å²) in [5, 5.41) is 26.1. The number of amidine groups is 1. The Balaban J connectivity index is 1.79. The standard InChI is InChI=1S/C17H23FN4O5S/c1-22(25)15(16(24)20-10-12-4-6-13(18)7-5-12)19-11-14(23)17(22)21-8-2-3-9-28(21,26)27/h4-7,11,17,23,26-27H,2-3,8-10H2,1H3,(H,20,24). The average molecular weight is 414 g/mol. The highest BCUT2D eigenvalue weighted by molar-refractivity contribution is 8.22. The second-order valence-corrected chi connectivity index (χ2v) is 9.01. The molecule has 0 bridgehead atoms. The van der Waals surface area contributed by atoms with Gasteiger partial charge in [-0.25, -0.2) is 4.39 Å². The van der Waals surface area contributed by atoms with E-state index in [1.807, 2.05) is 0 Å². The van der Waals surface area contributed by atoms with Gasteiger partial charge >= 0.3 is 5.91 Å². The van der Waals surface area contributed by atoms with E-state index < -0.39 is 44.9 Å². The van der Waals surface area contributed by atoms with Gasteiger partial charge in [0.05, 0.1) is 19.0 Å². The van der Waals surface area contributed by atoms with Crippen LogP contribution in [0.1, 0.15) is 18.4 Å². The van der Waals surface area contributed by atoms with Gasteiger partial charge in [0.25, 0.3) is 5.84 Å². The number of quaternary nitrogens is 1. The first-order valence-electron chi connectivity index (χ1n) is 8.73. The van der Waals surface area contributed by atoms with Crippen molar-refractivity contribution in [3.63, 3.8) is 0 Å². The third-order valence-corrected chi connectivity index (χ3v) is 6.71. The number of nitrogens with one attached hydrogen (secondary N) is 1. The molecule has 2 aliphatic rings. The fourth-order valence-corrected chi connectivity index (χ4v) is 5.16. The Kier molecular flexibility index (Phi) is 5.75. The zero-order valence-electron chi connectivity index (χ0n) is 15.3. The number of hydroxylamine groups is 3. The van der Waals surface area contributed by atoms with Crippen molar-refractivity contribution in [2.45, 2.75) is 25.6 Å². The van der Waals surface area contributed by atoms with Crippen LogP contribution in [0.4, 0.5) is 4.39 Å². The van der Waals surface area contributed by atoms with Gasteiger partial charge in [-0.1, -0.05) is 12.1 Å². The summed E-state index contributed by atoms with van der Waals surface area (Å²) in [5.41, 5.74) is 0.631. The minimum atomic E-state index is -3.24. The lowest BCUT2D eigenvalue weighted by atomic mass is 10.2. The smallest absolute Gasteiger partial charge is 0.326 e. The van der Waals surface area contributed by atoms with Gasteiger partial charge < -0.3 is 15.6 Å². The van der Waals surface area contributed by atoms with Gasteiger partial charge in [0.2, 0.25) is 6.17 Å². The third-order valence-electron chi connectivity index (χ3n) is 4.74. The highest BCUT2D eigenvalue weighted by Gasteiger charge is 2.48. The molecule has 11 heteroatoms. The number of amides is 1. The highest BCUT2D eigenvalue weighted by Crippen LogP contribution is 2.50. The van der Waals surface area contributed by atoms with Crippen molar-refractivity contribution in [1.29, 1.82) is 0 Å². The fourth-order valence-electron chi connectivity index (χ4n) is 3.30. The molecule has 9 nitrogen and oxygen atoms in total. The number of rotatable bonds is 4. The molecule has 0 saturated carbocycles. The summed E-state index contributed by atoms with van der Waals surface area (Å²) in [7, 11) is -2.11. The van der Waals surface area contributed by atoms with Gasteiger partial charge in [0.1, 0.15) is 5.82 Å². The number of hydrogen-bond donors (Lipinski definition) is 4. The van der Waals surface area contributed by atoms with E-state index in [0.29, 0.717) is 18.4 Å². The molecule has 28 heavy (non-hydrogen) atoms. The van der Waals surface area contributed by atoms with Crippen molar-refractivity contribution in [2.24, 2.45) is 4.99 Å². The van der Waals surface area contributed by atoms with Crippen LogP contribution in [0.2, 0.25) is 0 Å². The van der Waals surface area contributed by atoms with Crippen LogP contribution in [-0.4, -0.2) is 60.4 Å². The van der Waals surface area contributed by atoms with Crippen LogP contribution in [0.5, 0.6) is 0 Å². The molecule has 0 spiro atoms. The van der Waals surface area contributed by atoms with E-state index in [1.165, 1.54) is 24.3 Å². The minimum Gasteiger partial charge on any atom is -0.625 e. The quantitative estimate of drug-likeness (QED) is 0.442. The number of aliphatic hydroxyl groups is 1. The molecule has 1 aromatic rings. The molecule has 2 atom stereocenters. The Hall–Kier alpha value is -2.02. The van der Waals surface area contributed by atoms with E-state index in [4.69, 9.17) is 0 Å². The number of carbonyl (C=O) groups is 1. The predicted molar refractivity (Wildman–Crippen MR) is 103 cm³/mol. The van der Waals surface area contributed by atoms with Crippen molar-refractivity contribution in [2.75, 3.05) is 19.3 Å². The lowest BCUT2D eigenvalue weighted by Crippen LogP contribution is -2.65. The Morgan fingerprint density at radius 1 is 1.39 bits per heavy atom. The molecule has 154 valence electrons. The van der Waals surface area contributed by atoms with Gasteiger partial charge in [0, 0.05) is 13.1 Å². The molecule has 3 rings (SSSR count). The zero-order chi connectivity index (χ0) is 20.5. The van der Waals surface area contributed by atoms with Crippen molar-refractivity contribution >= 4 is 22.5 Å². The molecule has 0 aliphatic carbocycles. The molecule has 1 aromatic carbocycles. The summed E-state index contributed by atoms with van der Waals surface area (Å²) in [5.74, 6) is -1.93. The second-order valence-electron chi connectivity index (χ2n) is 6.86. The van der Waals surface area contributed by atoms with Crippen LogP contribution in [0.25, 0.3) is 0 Å². The van der Waals surface area contributed by atoms with Gasteiger partial charge in [-0.05, 0) is 30.5 Å². The number of likely N-dealkylation sites (N-methyl/N-ethyl adjacent to an activating group) is 1. The number of aliphatic hydroxyl groups excluding tert-OH is 1. The lowest BCUT2D eigenvalue weighted by molar-refractivity contribution is -0.803. The molecular formula is C17H23FN4O5S. The highest BCUT2D eigenvalue weighted by atomic mass is 32.3. The molecule has 1 fully saturated rings. The molecule has 1 saturated heterocycles. The molecule has 0 radical (unpaired) electrons. The topological polar surface area (TPSA) is 128 Å². The lowest BCUT2D eigenvalue weighted by Gasteiger charge is -2.55. The molecule has 2 unspecified atom stereocenters. The van der Waals surface area contributed by atoms with Crippen LogP contribution in [0, 0.1) is 11.0 Å². The number of benzene rings is 1. The third kappa shape index (κ3) is 4.04. The van der Waals surface area contributed by atoms with Crippen LogP contribution < -0.4 is 5.32 Å².